The SMILES string of the molecule is COc1ccc2c(Nc3ccc(F)c(F)c3)nc(-c3cccnc3)nc2c1. The van der Waals surface area contributed by atoms with E-state index in [9.17, 15) is 8.78 Å². The van der Waals surface area contributed by atoms with Crippen LogP contribution in [0.5, 0.6) is 5.75 Å². The van der Waals surface area contributed by atoms with Crippen molar-refractivity contribution < 1.29 is 13.5 Å². The Morgan fingerprint density at radius 1 is 0.963 bits per heavy atom. The first kappa shape index (κ1) is 16.8. The van der Waals surface area contributed by atoms with Gasteiger partial charge in [-0.15, -0.1) is 0 Å². The second-order valence-electron chi connectivity index (χ2n) is 5.77. The van der Waals surface area contributed by atoms with Crippen LogP contribution in [0.1, 0.15) is 0 Å². The summed E-state index contributed by atoms with van der Waals surface area (Å²) >= 11 is 0. The minimum Gasteiger partial charge on any atom is -0.497 e. The fraction of sp³-hybridized carbons (Fsp3) is 0.0500. The predicted octanol–water partition coefficient (Wildman–Crippen LogP) is 4.72. The third kappa shape index (κ3) is 3.39. The van der Waals surface area contributed by atoms with Crippen LogP contribution < -0.4 is 10.1 Å². The molecular weight excluding hydrogens is 350 g/mol. The van der Waals surface area contributed by atoms with Gasteiger partial charge < -0.3 is 10.1 Å². The molecule has 0 unspecified atom stereocenters. The fourth-order valence-electron chi connectivity index (χ4n) is 2.67. The Hall–Kier alpha value is -3.61. The molecule has 2 aromatic carbocycles. The molecule has 5 nitrogen and oxygen atoms in total. The van der Waals surface area contributed by atoms with E-state index in [1.807, 2.05) is 12.1 Å². The number of methoxy groups -OCH3 is 1. The molecule has 134 valence electrons. The van der Waals surface area contributed by atoms with Gasteiger partial charge in [-0.05, 0) is 36.4 Å². The van der Waals surface area contributed by atoms with Gasteiger partial charge >= 0.3 is 0 Å². The lowest BCUT2D eigenvalue weighted by atomic mass is 10.2. The number of rotatable bonds is 4. The van der Waals surface area contributed by atoms with E-state index >= 15 is 0 Å². The Balaban J connectivity index is 1.87. The van der Waals surface area contributed by atoms with Gasteiger partial charge in [0.05, 0.1) is 12.6 Å². The van der Waals surface area contributed by atoms with Crippen molar-refractivity contribution in [2.24, 2.45) is 0 Å². The molecule has 0 amide bonds. The molecule has 27 heavy (non-hydrogen) atoms. The van der Waals surface area contributed by atoms with Crippen molar-refractivity contribution in [1.29, 1.82) is 0 Å². The summed E-state index contributed by atoms with van der Waals surface area (Å²) in [7, 11) is 1.57. The van der Waals surface area contributed by atoms with Gasteiger partial charge in [-0.25, -0.2) is 18.7 Å². The maximum Gasteiger partial charge on any atom is 0.163 e. The first-order chi connectivity index (χ1) is 13.1. The third-order valence-corrected chi connectivity index (χ3v) is 4.01. The van der Waals surface area contributed by atoms with Gasteiger partial charge in [0.1, 0.15) is 11.6 Å². The minimum atomic E-state index is -0.937. The van der Waals surface area contributed by atoms with Crippen LogP contribution in [-0.2, 0) is 0 Å². The van der Waals surface area contributed by atoms with Crippen LogP contribution in [0.4, 0.5) is 20.3 Å². The first-order valence-corrected chi connectivity index (χ1v) is 8.12. The molecule has 7 heteroatoms. The molecule has 1 N–H and O–H groups in total. The van der Waals surface area contributed by atoms with Gasteiger partial charge in [0.15, 0.2) is 17.5 Å². The van der Waals surface area contributed by atoms with E-state index < -0.39 is 11.6 Å². The number of nitrogens with one attached hydrogen (secondary N) is 1. The van der Waals surface area contributed by atoms with Crippen molar-refractivity contribution in [2.75, 3.05) is 12.4 Å². The highest BCUT2D eigenvalue weighted by molar-refractivity contribution is 5.93. The standard InChI is InChI=1S/C20H14F2N4O/c1-27-14-5-6-15-18(10-14)25-19(12-3-2-8-23-11-12)26-20(15)24-13-4-7-16(21)17(22)9-13/h2-11H,1H3,(H,24,25,26). The summed E-state index contributed by atoms with van der Waals surface area (Å²) in [6.45, 7) is 0. The van der Waals surface area contributed by atoms with Crippen LogP contribution in [-0.4, -0.2) is 22.1 Å². The molecule has 0 fully saturated rings. The number of pyridine rings is 1. The Morgan fingerprint density at radius 3 is 2.59 bits per heavy atom. The monoisotopic (exact) mass is 364 g/mol. The lowest BCUT2D eigenvalue weighted by Gasteiger charge is -2.12. The van der Waals surface area contributed by atoms with Crippen LogP contribution >= 0.6 is 0 Å². The third-order valence-electron chi connectivity index (χ3n) is 4.01. The number of ether oxygens (including phenoxy) is 1. The van der Waals surface area contributed by atoms with Gasteiger partial charge in [-0.3, -0.25) is 4.98 Å². The van der Waals surface area contributed by atoms with Crippen LogP contribution in [0, 0.1) is 11.6 Å². The molecule has 0 spiro atoms. The number of halogens is 2. The number of nitrogens with zero attached hydrogens (tertiary/aromatic N) is 3. The van der Waals surface area contributed by atoms with E-state index in [0.29, 0.717) is 34.0 Å². The molecule has 0 atom stereocenters. The number of aromatic nitrogens is 3. The molecule has 0 aliphatic heterocycles. The van der Waals surface area contributed by atoms with E-state index in [0.717, 1.165) is 17.7 Å². The molecule has 4 rings (SSSR count). The average Bonchev–Trinajstić information content (AvgIpc) is 2.70. The highest BCUT2D eigenvalue weighted by Gasteiger charge is 2.12. The summed E-state index contributed by atoms with van der Waals surface area (Å²) in [6, 6.07) is 12.6. The summed E-state index contributed by atoms with van der Waals surface area (Å²) in [5.41, 5.74) is 1.76. The van der Waals surface area contributed by atoms with E-state index in [1.54, 1.807) is 37.7 Å². The minimum absolute atomic E-state index is 0.377. The van der Waals surface area contributed by atoms with Crippen LogP contribution in [0.25, 0.3) is 22.3 Å². The van der Waals surface area contributed by atoms with Gasteiger partial charge in [0, 0.05) is 41.2 Å². The molecular formula is C20H14F2N4O. The van der Waals surface area contributed by atoms with Crippen molar-refractivity contribution in [1.82, 2.24) is 15.0 Å². The first-order valence-electron chi connectivity index (χ1n) is 8.12. The molecule has 0 saturated carbocycles. The number of anilines is 2. The number of benzene rings is 2. The summed E-state index contributed by atoms with van der Waals surface area (Å²) in [5, 5.41) is 3.76. The van der Waals surface area contributed by atoms with Crippen molar-refractivity contribution in [3.05, 3.63) is 72.6 Å². The van der Waals surface area contributed by atoms with Crippen LogP contribution in [0.3, 0.4) is 0 Å². The normalized spacial score (nSPS) is 10.8. The molecule has 2 aromatic heterocycles. The zero-order valence-corrected chi connectivity index (χ0v) is 14.3. The highest BCUT2D eigenvalue weighted by atomic mass is 19.2. The van der Waals surface area contributed by atoms with Crippen LogP contribution in [0.2, 0.25) is 0 Å². The second kappa shape index (κ2) is 6.95. The lowest BCUT2D eigenvalue weighted by Crippen LogP contribution is -2.00. The van der Waals surface area contributed by atoms with Crippen molar-refractivity contribution >= 4 is 22.4 Å². The van der Waals surface area contributed by atoms with Gasteiger partial charge in [-0.1, -0.05) is 0 Å². The van der Waals surface area contributed by atoms with Crippen molar-refractivity contribution in [2.45, 2.75) is 0 Å². The molecule has 0 aliphatic rings. The predicted molar refractivity (Wildman–Crippen MR) is 99.0 cm³/mol. The van der Waals surface area contributed by atoms with Gasteiger partial charge in [0.2, 0.25) is 0 Å². The topological polar surface area (TPSA) is 59.9 Å². The highest BCUT2D eigenvalue weighted by Crippen LogP contribution is 2.29. The van der Waals surface area contributed by atoms with Crippen LogP contribution in [0.15, 0.2) is 60.9 Å². The summed E-state index contributed by atoms with van der Waals surface area (Å²) in [6.07, 6.45) is 3.32. The average molecular weight is 364 g/mol. The molecule has 2 heterocycles. The Kier molecular flexibility index (Phi) is 4.33. The largest absolute Gasteiger partial charge is 0.497 e. The molecule has 0 radical (unpaired) electrons. The fourth-order valence-corrected chi connectivity index (χ4v) is 2.67. The van der Waals surface area contributed by atoms with Gasteiger partial charge in [0.25, 0.3) is 0 Å². The van der Waals surface area contributed by atoms with E-state index in [1.165, 1.54) is 6.07 Å². The maximum atomic E-state index is 13.6. The van der Waals surface area contributed by atoms with E-state index in [4.69, 9.17) is 4.74 Å². The Labute approximate surface area is 153 Å². The molecule has 4 aromatic rings. The number of hydrogen-bond donors (Lipinski definition) is 1. The quantitative estimate of drug-likeness (QED) is 0.568. The second-order valence-corrected chi connectivity index (χ2v) is 5.77. The molecule has 0 bridgehead atoms. The Bertz CT molecular complexity index is 1120. The maximum absolute atomic E-state index is 13.6. The molecule has 0 saturated heterocycles. The lowest BCUT2D eigenvalue weighted by molar-refractivity contribution is 0.415. The van der Waals surface area contributed by atoms with Crippen molar-refractivity contribution in [3.63, 3.8) is 0 Å². The van der Waals surface area contributed by atoms with E-state index in [2.05, 4.69) is 20.3 Å². The van der Waals surface area contributed by atoms with E-state index in [-0.39, 0.29) is 0 Å². The number of fused-ring (bicyclic) bond motifs is 1. The molecule has 0 aliphatic carbocycles. The summed E-state index contributed by atoms with van der Waals surface area (Å²) in [5.74, 6) is -0.278. The Morgan fingerprint density at radius 2 is 1.85 bits per heavy atom. The zero-order chi connectivity index (χ0) is 18.8. The van der Waals surface area contributed by atoms with Gasteiger partial charge in [-0.2, -0.15) is 0 Å². The smallest absolute Gasteiger partial charge is 0.163 e. The number of hydrogen-bond acceptors (Lipinski definition) is 5. The van der Waals surface area contributed by atoms with Crippen molar-refractivity contribution in [3.8, 4) is 17.1 Å². The zero-order valence-electron chi connectivity index (χ0n) is 14.3. The summed E-state index contributed by atoms with van der Waals surface area (Å²) < 4.78 is 32.0. The summed E-state index contributed by atoms with van der Waals surface area (Å²) in [4.78, 5) is 13.2.